The smallest absolute Gasteiger partial charge is 0.265 e. The first-order valence-corrected chi connectivity index (χ1v) is 17.0. The Morgan fingerprint density at radius 3 is 2.33 bits per heavy atom. The SMILES string of the molecule is C[C@@H]1NC(=O)C([C@@H](C)O)NC(=O)C2(CCN(Cc3cscn3)CC2)Oc2ccc(cc2)OCCNC(=O)[C@H](Cc2ccccc2)NC1=O. The number of aliphatic hydroxyl groups excluding tert-OH is 1. The highest BCUT2D eigenvalue weighted by Crippen LogP contribution is 2.31. The molecular formula is C34H42N6O7S. The van der Waals surface area contributed by atoms with Gasteiger partial charge in [0.1, 0.15) is 36.2 Å². The van der Waals surface area contributed by atoms with Crippen LogP contribution in [0.3, 0.4) is 0 Å². The zero-order valence-corrected chi connectivity index (χ0v) is 27.8. The molecule has 5 N–H and O–H groups in total. The normalized spacial score (nSPS) is 23.5. The number of benzene rings is 2. The van der Waals surface area contributed by atoms with Crippen molar-refractivity contribution in [3.8, 4) is 11.5 Å². The molecule has 1 fully saturated rings. The van der Waals surface area contributed by atoms with E-state index >= 15 is 0 Å². The predicted molar refractivity (Wildman–Crippen MR) is 178 cm³/mol. The van der Waals surface area contributed by atoms with Crippen molar-refractivity contribution < 1.29 is 33.8 Å². The zero-order chi connectivity index (χ0) is 34.1. The fourth-order valence-electron chi connectivity index (χ4n) is 5.69. The van der Waals surface area contributed by atoms with Gasteiger partial charge in [0.15, 0.2) is 5.60 Å². The standard InChI is InChI=1S/C34H42N6O7S/c1-22-30(42)38-28(18-24-6-4-3-5-7-24)31(43)35-14-17-46-26-8-10-27(11-9-26)47-34(33(45)39-29(23(2)41)32(44)37-22)12-15-40(16-13-34)19-25-20-48-21-36-25/h3-11,20-23,28-29,41H,12-19H2,1-2H3,(H,35,43)(H,37,44)(H,38,42)(H,39,45)/t22-,23+,28-,29?/m0/s1. The molecule has 6 rings (SSSR count). The molecule has 0 aliphatic carbocycles. The van der Waals surface area contributed by atoms with E-state index in [-0.39, 0.29) is 19.6 Å². The Kier molecular flexibility index (Phi) is 11.6. The number of carbonyl (C=O) groups excluding carboxylic acids is 4. The first-order valence-electron chi connectivity index (χ1n) is 16.0. The average molecular weight is 679 g/mol. The van der Waals surface area contributed by atoms with Gasteiger partial charge in [-0.2, -0.15) is 0 Å². The lowest BCUT2D eigenvalue weighted by Gasteiger charge is -2.41. The Balaban J connectivity index is 1.38. The first kappa shape index (κ1) is 34.8. The number of thiazole rings is 1. The molecule has 4 heterocycles. The van der Waals surface area contributed by atoms with Crippen LogP contribution in [0.4, 0.5) is 0 Å². The summed E-state index contributed by atoms with van der Waals surface area (Å²) in [5.74, 6) is -1.35. The molecule has 4 amide bonds. The maximum Gasteiger partial charge on any atom is 0.265 e. The summed E-state index contributed by atoms with van der Waals surface area (Å²) in [4.78, 5) is 60.5. The number of hydrogen-bond donors (Lipinski definition) is 5. The Bertz CT molecular complexity index is 1530. The minimum absolute atomic E-state index is 0.173. The maximum atomic E-state index is 14.1. The topological polar surface area (TPSA) is 171 Å². The molecule has 3 aliphatic heterocycles. The van der Waals surface area contributed by atoms with Gasteiger partial charge in [0.2, 0.25) is 17.7 Å². The summed E-state index contributed by atoms with van der Waals surface area (Å²) in [5, 5.41) is 23.5. The number of nitrogens with zero attached hydrogens (tertiary/aromatic N) is 2. The second kappa shape index (κ2) is 16.0. The molecule has 1 saturated heterocycles. The van der Waals surface area contributed by atoms with E-state index in [0.717, 1.165) is 11.3 Å². The Labute approximate surface area is 283 Å². The van der Waals surface area contributed by atoms with Crippen molar-refractivity contribution in [1.29, 1.82) is 0 Å². The lowest BCUT2D eigenvalue weighted by atomic mass is 9.89. The van der Waals surface area contributed by atoms with Crippen LogP contribution in [0.1, 0.15) is 37.9 Å². The van der Waals surface area contributed by atoms with Crippen molar-refractivity contribution in [2.75, 3.05) is 26.2 Å². The van der Waals surface area contributed by atoms with E-state index in [4.69, 9.17) is 9.47 Å². The number of likely N-dealkylation sites (tertiary alicyclic amines) is 1. The molecule has 14 heteroatoms. The van der Waals surface area contributed by atoms with Crippen molar-refractivity contribution in [3.63, 3.8) is 0 Å². The predicted octanol–water partition coefficient (Wildman–Crippen LogP) is 1.16. The number of hydrogen-bond acceptors (Lipinski definition) is 10. The van der Waals surface area contributed by atoms with Crippen LogP contribution in [-0.2, 0) is 32.1 Å². The lowest BCUT2D eigenvalue weighted by molar-refractivity contribution is -0.146. The summed E-state index contributed by atoms with van der Waals surface area (Å²) in [5.41, 5.74) is 2.22. The molecule has 3 aromatic rings. The van der Waals surface area contributed by atoms with Crippen molar-refractivity contribution in [1.82, 2.24) is 31.2 Å². The van der Waals surface area contributed by atoms with Crippen molar-refractivity contribution in [2.24, 2.45) is 0 Å². The largest absolute Gasteiger partial charge is 0.492 e. The molecule has 1 aromatic heterocycles. The van der Waals surface area contributed by atoms with Crippen molar-refractivity contribution in [3.05, 3.63) is 76.7 Å². The fourth-order valence-corrected chi connectivity index (χ4v) is 6.24. The Hall–Kier alpha value is -4.53. The van der Waals surface area contributed by atoms with Crippen LogP contribution in [0.2, 0.25) is 0 Å². The van der Waals surface area contributed by atoms with Gasteiger partial charge >= 0.3 is 0 Å². The number of carbonyl (C=O) groups is 4. The third-order valence-corrected chi connectivity index (χ3v) is 9.11. The number of rotatable bonds is 5. The van der Waals surface area contributed by atoms with E-state index in [9.17, 15) is 24.3 Å². The van der Waals surface area contributed by atoms with Gasteiger partial charge < -0.3 is 35.8 Å². The molecule has 48 heavy (non-hydrogen) atoms. The van der Waals surface area contributed by atoms with Crippen molar-refractivity contribution >= 4 is 35.0 Å². The van der Waals surface area contributed by atoms with Gasteiger partial charge in [-0.3, -0.25) is 24.1 Å². The monoisotopic (exact) mass is 678 g/mol. The summed E-state index contributed by atoms with van der Waals surface area (Å²) in [6.07, 6.45) is -0.443. The minimum Gasteiger partial charge on any atom is -0.492 e. The quantitative estimate of drug-likeness (QED) is 0.249. The van der Waals surface area contributed by atoms with Crippen LogP contribution in [0.5, 0.6) is 11.5 Å². The van der Waals surface area contributed by atoms with E-state index < -0.39 is 53.5 Å². The van der Waals surface area contributed by atoms with Gasteiger partial charge in [0, 0.05) is 44.3 Å². The summed E-state index contributed by atoms with van der Waals surface area (Å²) in [7, 11) is 0. The average Bonchev–Trinajstić information content (AvgIpc) is 3.59. The molecule has 1 spiro atoms. The molecule has 2 bridgehead atoms. The van der Waals surface area contributed by atoms with E-state index in [1.807, 2.05) is 35.7 Å². The Morgan fingerprint density at radius 1 is 0.958 bits per heavy atom. The van der Waals surface area contributed by atoms with Gasteiger partial charge in [-0.25, -0.2) is 4.98 Å². The lowest BCUT2D eigenvalue weighted by Crippen LogP contribution is -2.63. The van der Waals surface area contributed by atoms with Gasteiger partial charge in [-0.05, 0) is 43.7 Å². The van der Waals surface area contributed by atoms with Crippen molar-refractivity contribution in [2.45, 2.75) is 69.5 Å². The highest BCUT2D eigenvalue weighted by atomic mass is 32.1. The zero-order valence-electron chi connectivity index (χ0n) is 27.0. The van der Waals surface area contributed by atoms with E-state index in [1.54, 1.807) is 29.8 Å². The molecule has 0 saturated carbocycles. The highest BCUT2D eigenvalue weighted by Gasteiger charge is 2.46. The second-order valence-corrected chi connectivity index (χ2v) is 12.9. The van der Waals surface area contributed by atoms with Crippen LogP contribution >= 0.6 is 11.3 Å². The first-order chi connectivity index (χ1) is 23.1. The van der Waals surface area contributed by atoms with E-state index in [2.05, 4.69) is 31.2 Å². The number of piperidine rings is 1. The molecule has 4 atom stereocenters. The molecule has 2 aromatic carbocycles. The molecule has 13 nitrogen and oxygen atoms in total. The Morgan fingerprint density at radius 2 is 1.67 bits per heavy atom. The summed E-state index contributed by atoms with van der Waals surface area (Å²) >= 11 is 1.52. The number of aliphatic hydroxyl groups is 1. The van der Waals surface area contributed by atoms with Gasteiger partial charge in [-0.1, -0.05) is 30.3 Å². The molecule has 0 radical (unpaired) electrons. The number of fused-ring (bicyclic) bond motifs is 15. The summed E-state index contributed by atoms with van der Waals surface area (Å²) in [6.45, 7) is 4.91. The third kappa shape index (κ3) is 9.08. The van der Waals surface area contributed by atoms with Crippen LogP contribution in [0, 0.1) is 0 Å². The summed E-state index contributed by atoms with van der Waals surface area (Å²) < 4.78 is 12.2. The number of nitrogens with one attached hydrogen (secondary N) is 4. The van der Waals surface area contributed by atoms with E-state index in [1.165, 1.54) is 25.2 Å². The molecule has 3 aliphatic rings. The van der Waals surface area contributed by atoms with Gasteiger partial charge in [-0.15, -0.1) is 11.3 Å². The van der Waals surface area contributed by atoms with Crippen LogP contribution < -0.4 is 30.7 Å². The number of amides is 4. The minimum atomic E-state index is -1.38. The van der Waals surface area contributed by atoms with Crippen LogP contribution in [0.25, 0.3) is 0 Å². The highest BCUT2D eigenvalue weighted by molar-refractivity contribution is 7.07. The van der Waals surface area contributed by atoms with Gasteiger partial charge in [0.25, 0.3) is 5.91 Å². The van der Waals surface area contributed by atoms with Crippen LogP contribution in [0.15, 0.2) is 65.5 Å². The van der Waals surface area contributed by atoms with Gasteiger partial charge in [0.05, 0.1) is 23.9 Å². The molecule has 256 valence electrons. The summed E-state index contributed by atoms with van der Waals surface area (Å²) in [6, 6.07) is 12.7. The second-order valence-electron chi connectivity index (χ2n) is 12.1. The number of ether oxygens (including phenoxy) is 2. The molecular weight excluding hydrogens is 636 g/mol. The molecule has 1 unspecified atom stereocenters. The maximum absolute atomic E-state index is 14.1. The number of aromatic nitrogens is 1. The van der Waals surface area contributed by atoms with E-state index in [0.29, 0.717) is 44.0 Å². The third-order valence-electron chi connectivity index (χ3n) is 8.47. The fraction of sp³-hybridized carbons (Fsp3) is 0.441. The van der Waals surface area contributed by atoms with Crippen LogP contribution in [-0.4, -0.2) is 94.7 Å².